The second-order valence-corrected chi connectivity index (χ2v) is 5.46. The Balaban J connectivity index is 1.68. The molecule has 144 valence electrons. The van der Waals surface area contributed by atoms with Gasteiger partial charge in [-0.2, -0.15) is 18.2 Å². The predicted octanol–water partition coefficient (Wildman–Crippen LogP) is 3.52. The van der Waals surface area contributed by atoms with E-state index in [2.05, 4.69) is 26.7 Å². The summed E-state index contributed by atoms with van der Waals surface area (Å²) in [6.07, 6.45) is -2.87. The fraction of sp³-hybridized carbons (Fsp3) is 0.118. The highest BCUT2D eigenvalue weighted by atomic mass is 19.4. The molecule has 0 aliphatic carbocycles. The van der Waals surface area contributed by atoms with E-state index < -0.39 is 18.0 Å². The van der Waals surface area contributed by atoms with E-state index in [1.54, 1.807) is 24.3 Å². The minimum Gasteiger partial charge on any atom is -0.478 e. The molecule has 0 atom stereocenters. The maximum absolute atomic E-state index is 12.4. The van der Waals surface area contributed by atoms with Gasteiger partial charge in [0, 0.05) is 11.1 Å². The first-order valence-electron chi connectivity index (χ1n) is 7.63. The van der Waals surface area contributed by atoms with Crippen LogP contribution in [0.2, 0.25) is 0 Å². The highest BCUT2D eigenvalue weighted by molar-refractivity contribution is 5.86. The van der Waals surface area contributed by atoms with Gasteiger partial charge in [-0.3, -0.25) is 0 Å². The lowest BCUT2D eigenvalue weighted by Crippen LogP contribution is -2.10. The van der Waals surface area contributed by atoms with Crippen molar-refractivity contribution < 1.29 is 32.3 Å². The van der Waals surface area contributed by atoms with Crippen LogP contribution >= 0.6 is 0 Å². The number of carbonyl (C=O) groups is 1. The highest BCUT2D eigenvalue weighted by Gasteiger charge is 2.34. The van der Waals surface area contributed by atoms with Crippen LogP contribution < -0.4 is 4.74 Å². The lowest BCUT2D eigenvalue weighted by molar-refractivity contribution is -0.145. The summed E-state index contributed by atoms with van der Waals surface area (Å²) >= 11 is 0. The van der Waals surface area contributed by atoms with Crippen LogP contribution in [0, 0.1) is 0 Å². The number of carboxylic acids is 1. The summed E-state index contributed by atoms with van der Waals surface area (Å²) in [6, 6.07) is 6.28. The quantitative estimate of drug-likeness (QED) is 0.635. The number of aliphatic carboxylic acids is 1. The summed E-state index contributed by atoms with van der Waals surface area (Å²) in [4.78, 5) is 21.3. The van der Waals surface area contributed by atoms with Gasteiger partial charge < -0.3 is 14.4 Å². The van der Waals surface area contributed by atoms with Crippen LogP contribution in [0.5, 0.6) is 11.5 Å². The first-order valence-corrected chi connectivity index (χ1v) is 7.63. The Morgan fingerprint density at radius 2 is 1.79 bits per heavy atom. The van der Waals surface area contributed by atoms with Crippen molar-refractivity contribution in [2.75, 3.05) is 0 Å². The lowest BCUT2D eigenvalue weighted by Gasteiger charge is -2.07. The topological polar surface area (TPSA) is 111 Å². The van der Waals surface area contributed by atoms with Gasteiger partial charge in [-0.05, 0) is 24.3 Å². The van der Waals surface area contributed by atoms with Crippen molar-refractivity contribution in [1.82, 2.24) is 20.1 Å². The van der Waals surface area contributed by atoms with Crippen molar-refractivity contribution in [3.63, 3.8) is 0 Å². The van der Waals surface area contributed by atoms with Crippen LogP contribution in [0.3, 0.4) is 0 Å². The maximum Gasteiger partial charge on any atom is 0.451 e. The Kier molecular flexibility index (Phi) is 5.07. The van der Waals surface area contributed by atoms with Crippen molar-refractivity contribution in [3.05, 3.63) is 60.5 Å². The number of alkyl halides is 3. The Morgan fingerprint density at radius 1 is 1.14 bits per heavy atom. The molecule has 0 aliphatic heterocycles. The van der Waals surface area contributed by atoms with E-state index in [4.69, 9.17) is 14.4 Å². The molecule has 0 radical (unpaired) electrons. The summed E-state index contributed by atoms with van der Waals surface area (Å²) in [5.41, 5.74) is 0.477. The molecule has 1 N–H and O–H groups in total. The number of benzene rings is 1. The van der Waals surface area contributed by atoms with Gasteiger partial charge in [0.05, 0.1) is 18.8 Å². The van der Waals surface area contributed by atoms with E-state index in [0.717, 1.165) is 12.4 Å². The minimum atomic E-state index is -4.62. The molecule has 11 heteroatoms. The fourth-order valence-corrected chi connectivity index (χ4v) is 2.03. The molecule has 28 heavy (non-hydrogen) atoms. The molecule has 3 rings (SSSR count). The van der Waals surface area contributed by atoms with E-state index in [1.807, 2.05) is 0 Å². The van der Waals surface area contributed by atoms with E-state index >= 15 is 0 Å². The number of carboxylic acid groups (broad SMARTS) is 1. The smallest absolute Gasteiger partial charge is 0.451 e. The van der Waals surface area contributed by atoms with Gasteiger partial charge in [0.2, 0.25) is 17.5 Å². The Labute approximate surface area is 155 Å². The second-order valence-electron chi connectivity index (χ2n) is 5.46. The number of aromatic nitrogens is 4. The van der Waals surface area contributed by atoms with Gasteiger partial charge in [-0.25, -0.2) is 14.8 Å². The Bertz CT molecular complexity index is 998. The zero-order chi connectivity index (χ0) is 20.3. The van der Waals surface area contributed by atoms with Crippen molar-refractivity contribution >= 4 is 5.97 Å². The number of nitrogens with zero attached hydrogens (tertiary/aromatic N) is 4. The molecule has 2 heterocycles. The monoisotopic (exact) mass is 392 g/mol. The third kappa shape index (κ3) is 4.50. The van der Waals surface area contributed by atoms with Gasteiger partial charge >= 0.3 is 12.1 Å². The standard InChI is InChI=1S/C17H11F3N4O4/c1-9(15(25)26)6-13-23-14(24-28-13)10-2-4-11(5-3-10)27-12-7-21-16(22-8-12)17(18,19)20/h2-5,7-8H,1,6H2,(H,25,26). The summed E-state index contributed by atoms with van der Waals surface area (Å²) in [5, 5.41) is 12.6. The molecule has 0 spiro atoms. The fourth-order valence-electron chi connectivity index (χ4n) is 2.03. The molecule has 0 saturated carbocycles. The number of ether oxygens (including phenoxy) is 1. The van der Waals surface area contributed by atoms with E-state index in [9.17, 15) is 18.0 Å². The number of halogens is 3. The van der Waals surface area contributed by atoms with Crippen LogP contribution in [0.1, 0.15) is 11.7 Å². The Hall–Kier alpha value is -3.76. The molecule has 2 aromatic heterocycles. The highest BCUT2D eigenvalue weighted by Crippen LogP contribution is 2.28. The summed E-state index contributed by atoms with van der Waals surface area (Å²) in [6.45, 7) is 3.39. The average Bonchev–Trinajstić information content (AvgIpc) is 3.10. The molecule has 0 bridgehead atoms. The normalized spacial score (nSPS) is 11.2. The van der Waals surface area contributed by atoms with Crippen LogP contribution in [0.4, 0.5) is 13.2 Å². The summed E-state index contributed by atoms with van der Waals surface area (Å²) in [5.74, 6) is -1.71. The van der Waals surface area contributed by atoms with E-state index in [1.165, 1.54) is 0 Å². The second kappa shape index (κ2) is 7.47. The lowest BCUT2D eigenvalue weighted by atomic mass is 10.2. The molecular formula is C17H11F3N4O4. The zero-order valence-electron chi connectivity index (χ0n) is 14.0. The van der Waals surface area contributed by atoms with Gasteiger partial charge in [-0.15, -0.1) is 0 Å². The summed E-state index contributed by atoms with van der Waals surface area (Å²) < 4.78 is 47.7. The molecule has 0 fully saturated rings. The van der Waals surface area contributed by atoms with Gasteiger partial charge in [0.25, 0.3) is 0 Å². The molecule has 0 amide bonds. The molecule has 0 saturated heterocycles. The van der Waals surface area contributed by atoms with Gasteiger partial charge in [-0.1, -0.05) is 11.7 Å². The predicted molar refractivity (Wildman–Crippen MR) is 87.3 cm³/mol. The average molecular weight is 392 g/mol. The largest absolute Gasteiger partial charge is 0.478 e. The van der Waals surface area contributed by atoms with Crippen LogP contribution in [-0.4, -0.2) is 31.2 Å². The molecule has 0 aliphatic rings. The first kappa shape index (κ1) is 19.0. The number of hydrogen-bond donors (Lipinski definition) is 1. The Morgan fingerprint density at radius 3 is 2.36 bits per heavy atom. The van der Waals surface area contributed by atoms with Crippen molar-refractivity contribution in [2.24, 2.45) is 0 Å². The summed E-state index contributed by atoms with van der Waals surface area (Å²) in [7, 11) is 0. The van der Waals surface area contributed by atoms with E-state index in [-0.39, 0.29) is 29.5 Å². The zero-order valence-corrected chi connectivity index (χ0v) is 14.0. The van der Waals surface area contributed by atoms with E-state index in [0.29, 0.717) is 11.3 Å². The van der Waals surface area contributed by atoms with Crippen molar-refractivity contribution in [3.8, 4) is 22.9 Å². The van der Waals surface area contributed by atoms with Crippen LogP contribution in [0.15, 0.2) is 53.3 Å². The van der Waals surface area contributed by atoms with Crippen LogP contribution in [-0.2, 0) is 17.4 Å². The minimum absolute atomic E-state index is 0.0368. The third-order valence-corrected chi connectivity index (χ3v) is 3.37. The number of rotatable bonds is 6. The van der Waals surface area contributed by atoms with Gasteiger partial charge in [0.1, 0.15) is 5.75 Å². The van der Waals surface area contributed by atoms with Crippen LogP contribution in [0.25, 0.3) is 11.4 Å². The molecule has 0 unspecified atom stereocenters. The molecular weight excluding hydrogens is 381 g/mol. The maximum atomic E-state index is 12.4. The van der Waals surface area contributed by atoms with Crippen molar-refractivity contribution in [1.29, 1.82) is 0 Å². The first-order chi connectivity index (χ1) is 13.2. The molecule has 8 nitrogen and oxygen atoms in total. The molecule has 1 aromatic carbocycles. The van der Waals surface area contributed by atoms with Crippen molar-refractivity contribution in [2.45, 2.75) is 12.6 Å². The SMILES string of the molecule is C=C(Cc1nc(-c2ccc(Oc3cnc(C(F)(F)F)nc3)cc2)no1)C(=O)O. The molecule has 3 aromatic rings. The third-order valence-electron chi connectivity index (χ3n) is 3.37. The number of hydrogen-bond acceptors (Lipinski definition) is 7. The van der Waals surface area contributed by atoms with Gasteiger partial charge in [0.15, 0.2) is 5.75 Å².